The van der Waals surface area contributed by atoms with Gasteiger partial charge in [0, 0.05) is 0 Å². The number of urea groups is 2. The van der Waals surface area contributed by atoms with Crippen molar-refractivity contribution in [2.24, 2.45) is 0 Å². The summed E-state index contributed by atoms with van der Waals surface area (Å²) in [5, 5.41) is 11.1. The van der Waals surface area contributed by atoms with Crippen molar-refractivity contribution in [3.63, 3.8) is 0 Å². The lowest BCUT2D eigenvalue weighted by Gasteiger charge is -2.36. The van der Waals surface area contributed by atoms with E-state index >= 15 is 0 Å². The first kappa shape index (κ1) is 22.6. The van der Waals surface area contributed by atoms with Crippen LogP contribution in [-0.2, 0) is 26.3 Å². The van der Waals surface area contributed by atoms with Gasteiger partial charge in [0.05, 0.1) is 19.6 Å². The Bertz CT molecular complexity index is 1050. The molecule has 32 heavy (non-hydrogen) atoms. The van der Waals surface area contributed by atoms with Crippen LogP contribution >= 0.6 is 0 Å². The molecular formula is C16H18N6O9S. The normalized spacial score (nSPS) is 18.1. The predicted molar refractivity (Wildman–Crippen MR) is 103 cm³/mol. The van der Waals surface area contributed by atoms with Gasteiger partial charge >= 0.3 is 34.5 Å². The summed E-state index contributed by atoms with van der Waals surface area (Å²) in [6, 6.07) is 5.03. The predicted octanol–water partition coefficient (Wildman–Crippen LogP) is -1.00. The summed E-state index contributed by atoms with van der Waals surface area (Å²) in [4.78, 5) is 59.0. The molecule has 0 saturated carbocycles. The number of amides is 7. The van der Waals surface area contributed by atoms with E-state index in [9.17, 15) is 32.4 Å². The molecule has 1 aromatic rings. The number of hydrogen-bond acceptors (Lipinski definition) is 8. The SMILES string of the molecule is O=C(O)NC1CN(C(=O)NS(=O)(=O)N2CCN(NC(=O)OCc3ccccc3)C2=O)C1=O. The molecule has 1 atom stereocenters. The van der Waals surface area contributed by atoms with Gasteiger partial charge in [0.2, 0.25) is 0 Å². The van der Waals surface area contributed by atoms with Crippen LogP contribution < -0.4 is 15.5 Å². The van der Waals surface area contributed by atoms with Gasteiger partial charge in [-0.15, -0.1) is 0 Å². The number of hydrazine groups is 1. The van der Waals surface area contributed by atoms with E-state index in [2.05, 4.69) is 5.43 Å². The van der Waals surface area contributed by atoms with Crippen molar-refractivity contribution < 1.29 is 42.2 Å². The summed E-state index contributed by atoms with van der Waals surface area (Å²) in [6.45, 7) is -1.06. The maximum absolute atomic E-state index is 12.4. The third kappa shape index (κ3) is 4.97. The van der Waals surface area contributed by atoms with E-state index < -0.39 is 53.0 Å². The second-order valence-corrected chi connectivity index (χ2v) is 8.14. The van der Waals surface area contributed by atoms with Gasteiger partial charge in [-0.1, -0.05) is 30.3 Å². The molecule has 2 aliphatic rings. The van der Waals surface area contributed by atoms with Crippen LogP contribution in [0.2, 0.25) is 0 Å². The second-order valence-electron chi connectivity index (χ2n) is 6.54. The molecule has 0 spiro atoms. The summed E-state index contributed by atoms with van der Waals surface area (Å²) in [5.41, 5.74) is 2.80. The molecule has 172 valence electrons. The number of hydrogen-bond donors (Lipinski definition) is 4. The Kier molecular flexibility index (Phi) is 6.33. The van der Waals surface area contributed by atoms with Gasteiger partial charge in [-0.25, -0.2) is 38.6 Å². The highest BCUT2D eigenvalue weighted by Gasteiger charge is 2.45. The number of likely N-dealkylation sites (tertiary alicyclic amines) is 1. The molecule has 16 heteroatoms. The molecule has 1 unspecified atom stereocenters. The number of β-lactam (4-membered cyclic amide) rings is 1. The van der Waals surface area contributed by atoms with Crippen molar-refractivity contribution >= 4 is 40.4 Å². The van der Waals surface area contributed by atoms with Crippen molar-refractivity contribution in [1.29, 1.82) is 0 Å². The lowest BCUT2D eigenvalue weighted by molar-refractivity contribution is -0.138. The maximum atomic E-state index is 12.4. The van der Waals surface area contributed by atoms with Gasteiger partial charge in [-0.05, 0) is 5.56 Å². The average molecular weight is 470 g/mol. The van der Waals surface area contributed by atoms with E-state index in [1.165, 1.54) is 0 Å². The number of carboxylic acid groups (broad SMARTS) is 1. The van der Waals surface area contributed by atoms with Crippen LogP contribution in [0, 0.1) is 0 Å². The third-order valence-electron chi connectivity index (χ3n) is 4.39. The second kappa shape index (κ2) is 8.96. The third-order valence-corrected chi connectivity index (χ3v) is 5.74. The summed E-state index contributed by atoms with van der Waals surface area (Å²) < 4.78 is 31.5. The first-order valence-corrected chi connectivity index (χ1v) is 10.5. The van der Waals surface area contributed by atoms with Crippen LogP contribution in [0.5, 0.6) is 0 Å². The Hall–Kier alpha value is -4.08. The summed E-state index contributed by atoms with van der Waals surface area (Å²) in [6.07, 6.45) is -2.47. The van der Waals surface area contributed by atoms with Crippen LogP contribution in [-0.4, -0.2) is 83.6 Å². The standard InChI is InChI=1S/C16H18N6O9S/c23-12-11(17-14(25)26)8-20(12)13(24)19-32(29,30)22-7-6-21(16(22)28)18-15(27)31-9-10-4-2-1-3-5-10/h1-5,11,17H,6-9H2,(H,18,27)(H,19,24)(H,25,26). The van der Waals surface area contributed by atoms with E-state index in [-0.39, 0.29) is 19.7 Å². The summed E-state index contributed by atoms with van der Waals surface area (Å²) in [5.74, 6) is -0.947. The largest absolute Gasteiger partial charge is 0.465 e. The van der Waals surface area contributed by atoms with E-state index in [0.717, 1.165) is 0 Å². The first-order valence-electron chi connectivity index (χ1n) is 9.02. The molecular weight excluding hydrogens is 452 g/mol. The van der Waals surface area contributed by atoms with E-state index in [1.54, 1.807) is 35.1 Å². The topological polar surface area (TPSA) is 195 Å². The minimum absolute atomic E-state index is 0.0750. The number of rotatable bonds is 6. The Morgan fingerprint density at radius 1 is 1.12 bits per heavy atom. The zero-order chi connectivity index (χ0) is 23.5. The van der Waals surface area contributed by atoms with Crippen molar-refractivity contribution in [2.45, 2.75) is 12.6 Å². The van der Waals surface area contributed by atoms with Crippen LogP contribution in [0.4, 0.5) is 19.2 Å². The minimum Gasteiger partial charge on any atom is -0.465 e. The van der Waals surface area contributed by atoms with E-state index in [4.69, 9.17) is 9.84 Å². The van der Waals surface area contributed by atoms with Gasteiger partial charge < -0.3 is 15.2 Å². The molecule has 3 rings (SSSR count). The molecule has 0 bridgehead atoms. The molecule has 0 aromatic heterocycles. The molecule has 2 heterocycles. The van der Waals surface area contributed by atoms with Gasteiger partial charge in [0.25, 0.3) is 5.91 Å². The number of nitrogens with one attached hydrogen (secondary N) is 3. The molecule has 2 fully saturated rings. The zero-order valence-corrected chi connectivity index (χ0v) is 17.1. The number of benzene rings is 1. The Morgan fingerprint density at radius 3 is 2.44 bits per heavy atom. The van der Waals surface area contributed by atoms with E-state index in [0.29, 0.717) is 19.8 Å². The van der Waals surface area contributed by atoms with E-state index in [1.807, 2.05) is 5.32 Å². The van der Waals surface area contributed by atoms with Crippen molar-refractivity contribution in [3.8, 4) is 0 Å². The van der Waals surface area contributed by atoms with Crippen molar-refractivity contribution in [2.75, 3.05) is 19.6 Å². The highest BCUT2D eigenvalue weighted by Crippen LogP contribution is 2.14. The quantitative estimate of drug-likeness (QED) is 0.377. The van der Waals surface area contributed by atoms with Gasteiger partial charge in [-0.3, -0.25) is 9.69 Å². The number of imide groups is 1. The molecule has 7 amide bonds. The molecule has 1 aromatic carbocycles. The van der Waals surface area contributed by atoms with Crippen molar-refractivity contribution in [1.82, 2.24) is 29.7 Å². The molecule has 2 saturated heterocycles. The number of nitrogens with zero attached hydrogens (tertiary/aromatic N) is 3. The van der Waals surface area contributed by atoms with Crippen LogP contribution in [0.15, 0.2) is 30.3 Å². The Labute approximate surface area is 181 Å². The number of ether oxygens (including phenoxy) is 1. The van der Waals surface area contributed by atoms with Gasteiger partial charge in [0.1, 0.15) is 12.6 Å². The van der Waals surface area contributed by atoms with Gasteiger partial charge in [-0.2, -0.15) is 8.42 Å². The fraction of sp³-hybridized carbons (Fsp3) is 0.312. The molecule has 2 aliphatic heterocycles. The Balaban J connectivity index is 1.50. The maximum Gasteiger partial charge on any atom is 0.426 e. The number of carbonyl (C=O) groups excluding carboxylic acids is 4. The highest BCUT2D eigenvalue weighted by molar-refractivity contribution is 7.88. The van der Waals surface area contributed by atoms with Crippen molar-refractivity contribution in [3.05, 3.63) is 35.9 Å². The highest BCUT2D eigenvalue weighted by atomic mass is 32.2. The summed E-state index contributed by atoms with van der Waals surface area (Å²) >= 11 is 0. The van der Waals surface area contributed by atoms with Crippen LogP contribution in [0.1, 0.15) is 5.56 Å². The first-order chi connectivity index (χ1) is 15.1. The van der Waals surface area contributed by atoms with Gasteiger partial charge in [0.15, 0.2) is 0 Å². The smallest absolute Gasteiger partial charge is 0.426 e. The lowest BCUT2D eigenvalue weighted by atomic mass is 10.1. The number of carbonyl (C=O) groups is 5. The summed E-state index contributed by atoms with van der Waals surface area (Å²) in [7, 11) is -4.70. The zero-order valence-electron chi connectivity index (χ0n) is 16.3. The molecule has 4 N–H and O–H groups in total. The molecule has 0 aliphatic carbocycles. The molecule has 15 nitrogen and oxygen atoms in total. The lowest BCUT2D eigenvalue weighted by Crippen LogP contribution is -2.67. The molecule has 0 radical (unpaired) electrons. The fourth-order valence-electron chi connectivity index (χ4n) is 2.80. The monoisotopic (exact) mass is 470 g/mol. The van der Waals surface area contributed by atoms with Crippen LogP contribution in [0.25, 0.3) is 0 Å². The van der Waals surface area contributed by atoms with Crippen LogP contribution in [0.3, 0.4) is 0 Å². The fourth-order valence-corrected chi connectivity index (χ4v) is 3.86. The average Bonchev–Trinajstić information content (AvgIpc) is 3.10. The minimum atomic E-state index is -4.70. The Morgan fingerprint density at radius 2 is 1.81 bits per heavy atom.